The first kappa shape index (κ1) is 8.17. The first-order chi connectivity index (χ1) is 7.45. The second-order valence-electron chi connectivity index (χ2n) is 3.34. The maximum absolute atomic E-state index is 4.24. The average molecular weight is 195 g/mol. The quantitative estimate of drug-likeness (QED) is 0.648. The Morgan fingerprint density at radius 2 is 2.00 bits per heavy atom. The van der Waals surface area contributed by atoms with E-state index in [1.165, 1.54) is 5.39 Å². The lowest BCUT2D eigenvalue weighted by atomic mass is 10.1. The predicted octanol–water partition coefficient (Wildman–Crippen LogP) is 2.62. The summed E-state index contributed by atoms with van der Waals surface area (Å²) in [6.07, 6.45) is 5.30. The summed E-state index contributed by atoms with van der Waals surface area (Å²) in [5, 5.41) is 1.19. The van der Waals surface area contributed by atoms with Gasteiger partial charge in [0.05, 0.1) is 5.69 Å². The summed E-state index contributed by atoms with van der Waals surface area (Å²) >= 11 is 0. The predicted molar refractivity (Wildman–Crippen MR) is 59.3 cm³/mol. The van der Waals surface area contributed by atoms with Crippen LogP contribution >= 0.6 is 0 Å². The van der Waals surface area contributed by atoms with Crippen LogP contribution in [0.15, 0.2) is 49.1 Å². The molecule has 0 aliphatic heterocycles. The summed E-state index contributed by atoms with van der Waals surface area (Å²) in [6, 6.07) is 10.1. The van der Waals surface area contributed by atoms with Crippen LogP contribution in [0.25, 0.3) is 22.2 Å². The van der Waals surface area contributed by atoms with Crippen molar-refractivity contribution < 1.29 is 0 Å². The van der Waals surface area contributed by atoms with E-state index in [1.807, 2.05) is 24.4 Å². The van der Waals surface area contributed by atoms with Crippen LogP contribution in [0.2, 0.25) is 0 Å². The maximum Gasteiger partial charge on any atom is 0.116 e. The minimum atomic E-state index is 0.947. The summed E-state index contributed by atoms with van der Waals surface area (Å²) in [6.45, 7) is 0. The van der Waals surface area contributed by atoms with Crippen molar-refractivity contribution >= 4 is 10.9 Å². The first-order valence-electron chi connectivity index (χ1n) is 4.77. The molecule has 3 aromatic rings. The molecule has 72 valence electrons. The second kappa shape index (κ2) is 3.20. The Balaban J connectivity index is 2.28. The van der Waals surface area contributed by atoms with E-state index in [0.29, 0.717) is 0 Å². The molecule has 1 N–H and O–H groups in total. The highest BCUT2D eigenvalue weighted by atomic mass is 14.8. The molecule has 0 aliphatic rings. The highest BCUT2D eigenvalue weighted by Crippen LogP contribution is 2.25. The summed E-state index contributed by atoms with van der Waals surface area (Å²) in [5.74, 6) is 0. The standard InChI is InChI=1S/C12H9N3/c1-2-4-11-9(3-1)10(7-14-11)12-5-6-13-8-15-12/h1-8,14H. The molecule has 2 aromatic heterocycles. The van der Waals surface area contributed by atoms with E-state index in [0.717, 1.165) is 16.8 Å². The number of aromatic amines is 1. The third kappa shape index (κ3) is 1.29. The molecule has 0 atom stereocenters. The molecular formula is C12H9N3. The van der Waals surface area contributed by atoms with Gasteiger partial charge in [0.1, 0.15) is 6.33 Å². The number of rotatable bonds is 1. The van der Waals surface area contributed by atoms with Crippen molar-refractivity contribution in [2.75, 3.05) is 0 Å². The van der Waals surface area contributed by atoms with Crippen LogP contribution in [-0.4, -0.2) is 15.0 Å². The molecule has 2 heterocycles. The van der Waals surface area contributed by atoms with E-state index < -0.39 is 0 Å². The molecule has 0 spiro atoms. The molecule has 0 saturated heterocycles. The number of hydrogen-bond donors (Lipinski definition) is 1. The Morgan fingerprint density at radius 3 is 2.87 bits per heavy atom. The lowest BCUT2D eigenvalue weighted by Crippen LogP contribution is -1.81. The third-order valence-corrected chi connectivity index (χ3v) is 2.45. The van der Waals surface area contributed by atoms with E-state index in [-0.39, 0.29) is 0 Å². The Hall–Kier alpha value is -2.16. The molecule has 0 radical (unpaired) electrons. The van der Waals surface area contributed by atoms with Crippen LogP contribution in [-0.2, 0) is 0 Å². The normalized spacial score (nSPS) is 10.7. The van der Waals surface area contributed by atoms with Gasteiger partial charge in [-0.2, -0.15) is 0 Å². The molecule has 3 nitrogen and oxygen atoms in total. The number of para-hydroxylation sites is 1. The van der Waals surface area contributed by atoms with Gasteiger partial charge in [-0.3, -0.25) is 0 Å². The van der Waals surface area contributed by atoms with Gasteiger partial charge in [0.25, 0.3) is 0 Å². The molecule has 0 bridgehead atoms. The van der Waals surface area contributed by atoms with Crippen LogP contribution in [0.4, 0.5) is 0 Å². The second-order valence-corrected chi connectivity index (χ2v) is 3.34. The van der Waals surface area contributed by atoms with Crippen LogP contribution in [0, 0.1) is 0 Å². The molecule has 15 heavy (non-hydrogen) atoms. The maximum atomic E-state index is 4.24. The van der Waals surface area contributed by atoms with E-state index in [4.69, 9.17) is 0 Å². The zero-order chi connectivity index (χ0) is 10.1. The molecule has 0 aliphatic carbocycles. The monoisotopic (exact) mass is 195 g/mol. The zero-order valence-electron chi connectivity index (χ0n) is 8.01. The Labute approximate surface area is 86.8 Å². The number of aromatic nitrogens is 3. The summed E-state index contributed by atoms with van der Waals surface area (Å²) in [4.78, 5) is 11.4. The van der Waals surface area contributed by atoms with Crippen LogP contribution < -0.4 is 0 Å². The van der Waals surface area contributed by atoms with Crippen molar-refractivity contribution in [1.29, 1.82) is 0 Å². The number of hydrogen-bond acceptors (Lipinski definition) is 2. The Bertz CT molecular complexity index is 584. The molecule has 3 rings (SSSR count). The van der Waals surface area contributed by atoms with Gasteiger partial charge in [0.15, 0.2) is 0 Å². The highest BCUT2D eigenvalue weighted by molar-refractivity contribution is 5.94. The fourth-order valence-electron chi connectivity index (χ4n) is 1.73. The minimum absolute atomic E-state index is 0.947. The fourth-order valence-corrected chi connectivity index (χ4v) is 1.73. The van der Waals surface area contributed by atoms with Gasteiger partial charge < -0.3 is 4.98 Å². The lowest BCUT2D eigenvalue weighted by molar-refractivity contribution is 1.17. The number of nitrogens with zero attached hydrogens (tertiary/aromatic N) is 2. The van der Waals surface area contributed by atoms with Crippen molar-refractivity contribution in [3.8, 4) is 11.3 Å². The topological polar surface area (TPSA) is 41.6 Å². The smallest absolute Gasteiger partial charge is 0.116 e. The van der Waals surface area contributed by atoms with Gasteiger partial charge in [0.2, 0.25) is 0 Å². The highest BCUT2D eigenvalue weighted by Gasteiger charge is 2.05. The Morgan fingerprint density at radius 1 is 1.07 bits per heavy atom. The van der Waals surface area contributed by atoms with E-state index in [2.05, 4.69) is 27.1 Å². The van der Waals surface area contributed by atoms with Crippen molar-refractivity contribution in [2.24, 2.45) is 0 Å². The fraction of sp³-hybridized carbons (Fsp3) is 0. The van der Waals surface area contributed by atoms with Crippen molar-refractivity contribution in [3.05, 3.63) is 49.1 Å². The van der Waals surface area contributed by atoms with Crippen molar-refractivity contribution in [1.82, 2.24) is 15.0 Å². The summed E-state index contributed by atoms with van der Waals surface area (Å²) in [5.41, 5.74) is 3.20. The van der Waals surface area contributed by atoms with E-state index in [1.54, 1.807) is 12.5 Å². The van der Waals surface area contributed by atoms with Gasteiger partial charge in [-0.05, 0) is 12.1 Å². The van der Waals surface area contributed by atoms with Gasteiger partial charge in [-0.25, -0.2) is 9.97 Å². The third-order valence-electron chi connectivity index (χ3n) is 2.45. The number of nitrogens with one attached hydrogen (secondary N) is 1. The lowest BCUT2D eigenvalue weighted by Gasteiger charge is -1.96. The molecule has 0 saturated carbocycles. The number of H-pyrrole nitrogens is 1. The number of fused-ring (bicyclic) bond motifs is 1. The van der Waals surface area contributed by atoms with E-state index >= 15 is 0 Å². The number of benzene rings is 1. The van der Waals surface area contributed by atoms with E-state index in [9.17, 15) is 0 Å². The average Bonchev–Trinajstić information content (AvgIpc) is 2.74. The zero-order valence-corrected chi connectivity index (χ0v) is 8.01. The molecule has 0 amide bonds. The molecule has 0 unspecified atom stereocenters. The van der Waals surface area contributed by atoms with Gasteiger partial charge >= 0.3 is 0 Å². The molecule has 0 fully saturated rings. The first-order valence-corrected chi connectivity index (χ1v) is 4.77. The van der Waals surface area contributed by atoms with Gasteiger partial charge in [-0.1, -0.05) is 18.2 Å². The molecule has 1 aromatic carbocycles. The van der Waals surface area contributed by atoms with Crippen LogP contribution in [0.1, 0.15) is 0 Å². The Kier molecular flexibility index (Phi) is 1.75. The van der Waals surface area contributed by atoms with Crippen molar-refractivity contribution in [2.45, 2.75) is 0 Å². The van der Waals surface area contributed by atoms with Gasteiger partial charge in [0, 0.05) is 28.9 Å². The van der Waals surface area contributed by atoms with Crippen molar-refractivity contribution in [3.63, 3.8) is 0 Å². The largest absolute Gasteiger partial charge is 0.360 e. The van der Waals surface area contributed by atoms with Crippen LogP contribution in [0.3, 0.4) is 0 Å². The van der Waals surface area contributed by atoms with Gasteiger partial charge in [-0.15, -0.1) is 0 Å². The summed E-state index contributed by atoms with van der Waals surface area (Å²) < 4.78 is 0. The molecular weight excluding hydrogens is 186 g/mol. The summed E-state index contributed by atoms with van der Waals surface area (Å²) in [7, 11) is 0. The van der Waals surface area contributed by atoms with Crippen LogP contribution in [0.5, 0.6) is 0 Å². The SMILES string of the molecule is c1ccc2c(-c3ccncn3)c[nH]c2c1. The minimum Gasteiger partial charge on any atom is -0.360 e. The molecule has 3 heteroatoms.